The van der Waals surface area contributed by atoms with Crippen LogP contribution >= 0.6 is 0 Å². The maximum absolute atomic E-state index is 13.8. The first kappa shape index (κ1) is 26.6. The molecule has 1 saturated heterocycles. The summed E-state index contributed by atoms with van der Waals surface area (Å²) in [5.74, 6) is 0.691. The lowest BCUT2D eigenvalue weighted by Crippen LogP contribution is -2.49. The second-order valence-electron chi connectivity index (χ2n) is 10.6. The first-order valence-electron chi connectivity index (χ1n) is 14.1. The molecule has 1 atom stereocenters. The summed E-state index contributed by atoms with van der Waals surface area (Å²) in [6, 6.07) is 33.4. The molecule has 0 aliphatic carbocycles. The molecule has 0 spiro atoms. The highest BCUT2D eigenvalue weighted by atomic mass is 19.1. The summed E-state index contributed by atoms with van der Waals surface area (Å²) in [7, 11) is 1.69. The molecule has 6 heteroatoms. The Bertz CT molecular complexity index is 1620. The van der Waals surface area contributed by atoms with Crippen LogP contribution in [-0.2, 0) is 11.3 Å². The lowest BCUT2D eigenvalue weighted by molar-refractivity contribution is -0.131. The van der Waals surface area contributed by atoms with Gasteiger partial charge >= 0.3 is 0 Å². The highest BCUT2D eigenvalue weighted by Crippen LogP contribution is 2.36. The molecule has 4 aromatic carbocycles. The van der Waals surface area contributed by atoms with Crippen LogP contribution in [0.5, 0.6) is 5.75 Å². The number of hydrogen-bond donors (Lipinski definition) is 0. The summed E-state index contributed by atoms with van der Waals surface area (Å²) in [6.45, 7) is 3.49. The molecular weight excluding hydrogens is 513 g/mol. The zero-order chi connectivity index (χ0) is 28.2. The van der Waals surface area contributed by atoms with E-state index in [1.165, 1.54) is 12.1 Å². The SMILES string of the molecule is COc1ccccc1N1CCN(C(=O)C[C@@H](c2ccccc2)c2cn(Cc3ccc(F)cc3)c3ccccc23)CC1. The van der Waals surface area contributed by atoms with Crippen molar-refractivity contribution < 1.29 is 13.9 Å². The summed E-state index contributed by atoms with van der Waals surface area (Å²) < 4.78 is 21.3. The van der Waals surface area contributed by atoms with Gasteiger partial charge in [0.25, 0.3) is 0 Å². The molecule has 1 amide bonds. The lowest BCUT2D eigenvalue weighted by atomic mass is 9.87. The third-order valence-electron chi connectivity index (χ3n) is 8.10. The molecule has 0 radical (unpaired) electrons. The first-order valence-corrected chi connectivity index (χ1v) is 14.1. The average Bonchev–Trinajstić information content (AvgIpc) is 3.39. The van der Waals surface area contributed by atoms with E-state index in [-0.39, 0.29) is 17.6 Å². The number of halogens is 1. The van der Waals surface area contributed by atoms with E-state index in [9.17, 15) is 9.18 Å². The van der Waals surface area contributed by atoms with Crippen LogP contribution in [0.2, 0.25) is 0 Å². The van der Waals surface area contributed by atoms with Crippen molar-refractivity contribution in [2.75, 3.05) is 38.2 Å². The summed E-state index contributed by atoms with van der Waals surface area (Å²) >= 11 is 0. The fourth-order valence-electron chi connectivity index (χ4n) is 5.95. The van der Waals surface area contributed by atoms with E-state index in [4.69, 9.17) is 4.74 Å². The molecule has 5 nitrogen and oxygen atoms in total. The minimum Gasteiger partial charge on any atom is -0.495 e. The van der Waals surface area contributed by atoms with Gasteiger partial charge in [-0.1, -0.05) is 72.8 Å². The smallest absolute Gasteiger partial charge is 0.223 e. The Labute approximate surface area is 240 Å². The first-order chi connectivity index (χ1) is 20.1. The van der Waals surface area contributed by atoms with E-state index in [1.54, 1.807) is 7.11 Å². The zero-order valence-electron chi connectivity index (χ0n) is 23.2. The van der Waals surface area contributed by atoms with E-state index < -0.39 is 0 Å². The number of benzene rings is 4. The molecule has 1 aromatic heterocycles. The van der Waals surface area contributed by atoms with Crippen molar-refractivity contribution in [3.05, 3.63) is 132 Å². The number of methoxy groups -OCH3 is 1. The molecule has 0 N–H and O–H groups in total. The number of piperazine rings is 1. The van der Waals surface area contributed by atoms with Gasteiger partial charge < -0.3 is 19.1 Å². The average molecular weight is 548 g/mol. The van der Waals surface area contributed by atoms with Gasteiger partial charge in [-0.25, -0.2) is 4.39 Å². The number of rotatable bonds is 8. The Morgan fingerprint density at radius 2 is 1.51 bits per heavy atom. The Morgan fingerprint density at radius 3 is 2.27 bits per heavy atom. The van der Waals surface area contributed by atoms with Crippen LogP contribution in [0.25, 0.3) is 10.9 Å². The molecule has 1 aliphatic heterocycles. The van der Waals surface area contributed by atoms with Crippen molar-refractivity contribution in [2.45, 2.75) is 18.9 Å². The van der Waals surface area contributed by atoms with E-state index in [0.717, 1.165) is 52.1 Å². The van der Waals surface area contributed by atoms with E-state index in [2.05, 4.69) is 52.1 Å². The van der Waals surface area contributed by atoms with Crippen LogP contribution in [0, 0.1) is 5.82 Å². The van der Waals surface area contributed by atoms with Gasteiger partial charge in [-0.05, 0) is 47.0 Å². The molecule has 6 rings (SSSR count). The van der Waals surface area contributed by atoms with E-state index >= 15 is 0 Å². The molecule has 2 heterocycles. The number of ether oxygens (including phenoxy) is 1. The number of nitrogens with zero attached hydrogens (tertiary/aromatic N) is 3. The van der Waals surface area contributed by atoms with Crippen molar-refractivity contribution in [2.24, 2.45) is 0 Å². The number of carbonyl (C=O) groups excluding carboxylic acids is 1. The highest BCUT2D eigenvalue weighted by molar-refractivity contribution is 5.87. The summed E-state index contributed by atoms with van der Waals surface area (Å²) in [4.78, 5) is 18.1. The van der Waals surface area contributed by atoms with Crippen LogP contribution in [0.4, 0.5) is 10.1 Å². The van der Waals surface area contributed by atoms with Crippen LogP contribution in [0.15, 0.2) is 109 Å². The lowest BCUT2D eigenvalue weighted by Gasteiger charge is -2.37. The predicted molar refractivity (Wildman–Crippen MR) is 162 cm³/mol. The van der Waals surface area contributed by atoms with Crippen molar-refractivity contribution in [1.29, 1.82) is 0 Å². The minimum absolute atomic E-state index is 0.0877. The van der Waals surface area contributed by atoms with E-state index in [0.29, 0.717) is 26.1 Å². The zero-order valence-corrected chi connectivity index (χ0v) is 23.2. The fraction of sp³-hybridized carbons (Fsp3) is 0.229. The quantitative estimate of drug-likeness (QED) is 0.217. The number of fused-ring (bicyclic) bond motifs is 1. The Hall–Kier alpha value is -4.58. The fourth-order valence-corrected chi connectivity index (χ4v) is 5.95. The molecule has 0 bridgehead atoms. The van der Waals surface area contributed by atoms with Gasteiger partial charge in [-0.2, -0.15) is 0 Å². The van der Waals surface area contributed by atoms with Crippen LogP contribution < -0.4 is 9.64 Å². The molecule has 5 aromatic rings. The molecule has 1 aliphatic rings. The molecule has 208 valence electrons. The van der Waals surface area contributed by atoms with Gasteiger partial charge in [-0.3, -0.25) is 4.79 Å². The molecule has 0 unspecified atom stereocenters. The topological polar surface area (TPSA) is 37.7 Å². The second kappa shape index (κ2) is 11.9. The number of carbonyl (C=O) groups is 1. The highest BCUT2D eigenvalue weighted by Gasteiger charge is 2.28. The van der Waals surface area contributed by atoms with E-state index in [1.807, 2.05) is 59.5 Å². The second-order valence-corrected chi connectivity index (χ2v) is 10.6. The van der Waals surface area contributed by atoms with Crippen molar-refractivity contribution in [3.63, 3.8) is 0 Å². The number of anilines is 1. The summed E-state index contributed by atoms with van der Waals surface area (Å²) in [5, 5.41) is 1.14. The number of hydrogen-bond acceptors (Lipinski definition) is 3. The van der Waals surface area contributed by atoms with Crippen LogP contribution in [0.3, 0.4) is 0 Å². The Morgan fingerprint density at radius 1 is 0.829 bits per heavy atom. The third kappa shape index (κ3) is 5.68. The van der Waals surface area contributed by atoms with Crippen molar-refractivity contribution >= 4 is 22.5 Å². The van der Waals surface area contributed by atoms with Crippen molar-refractivity contribution in [1.82, 2.24) is 9.47 Å². The van der Waals surface area contributed by atoms with Gasteiger partial charge in [0.1, 0.15) is 11.6 Å². The van der Waals surface area contributed by atoms with Gasteiger partial charge in [0.2, 0.25) is 5.91 Å². The molecule has 1 fully saturated rings. The molecule has 0 saturated carbocycles. The maximum Gasteiger partial charge on any atom is 0.223 e. The monoisotopic (exact) mass is 547 g/mol. The predicted octanol–water partition coefficient (Wildman–Crippen LogP) is 6.71. The molecule has 41 heavy (non-hydrogen) atoms. The van der Waals surface area contributed by atoms with Crippen molar-refractivity contribution in [3.8, 4) is 5.75 Å². The standard InChI is InChI=1S/C35H34FN3O2/c1-41-34-14-8-7-13-33(34)37-19-21-38(22-20-37)35(40)23-30(27-9-3-2-4-10-27)31-25-39(32-12-6-5-11-29(31)32)24-26-15-17-28(36)18-16-26/h2-18,25,30H,19-24H2,1H3/t30-/m0/s1. The van der Waals surface area contributed by atoms with Crippen LogP contribution in [-0.4, -0.2) is 48.7 Å². The summed E-state index contributed by atoms with van der Waals surface area (Å²) in [5.41, 5.74) is 5.45. The Balaban J connectivity index is 1.26. The maximum atomic E-state index is 13.8. The largest absolute Gasteiger partial charge is 0.495 e. The van der Waals surface area contributed by atoms with Gasteiger partial charge in [0.05, 0.1) is 12.8 Å². The Kier molecular flexibility index (Phi) is 7.72. The summed E-state index contributed by atoms with van der Waals surface area (Å²) in [6.07, 6.45) is 2.57. The van der Waals surface area contributed by atoms with Gasteiger partial charge in [0.15, 0.2) is 0 Å². The molecular formula is C35H34FN3O2. The third-order valence-corrected chi connectivity index (χ3v) is 8.10. The van der Waals surface area contributed by atoms with Gasteiger partial charge in [0, 0.05) is 62.2 Å². The number of aromatic nitrogens is 1. The van der Waals surface area contributed by atoms with Gasteiger partial charge in [-0.15, -0.1) is 0 Å². The number of amides is 1. The number of para-hydroxylation sites is 3. The minimum atomic E-state index is -0.238. The normalized spacial score (nSPS) is 14.3. The van der Waals surface area contributed by atoms with Crippen LogP contribution in [0.1, 0.15) is 29.0 Å².